The topological polar surface area (TPSA) is 24.5 Å². The Kier molecular flexibility index (Phi) is 5.07. The van der Waals surface area contributed by atoms with E-state index in [-0.39, 0.29) is 0 Å². The molecule has 1 aliphatic carbocycles. The Bertz CT molecular complexity index is 188. The molecule has 16 heavy (non-hydrogen) atoms. The fraction of sp³-hybridized carbons (Fsp3) is 1.00. The first-order chi connectivity index (χ1) is 7.90. The van der Waals surface area contributed by atoms with E-state index >= 15 is 0 Å². The summed E-state index contributed by atoms with van der Waals surface area (Å²) in [6, 6.07) is 1.60. The summed E-state index contributed by atoms with van der Waals surface area (Å²) < 4.78 is 5.47. The highest BCUT2D eigenvalue weighted by molar-refractivity contribution is 4.87. The van der Waals surface area contributed by atoms with Gasteiger partial charge in [-0.1, -0.05) is 6.42 Å². The van der Waals surface area contributed by atoms with Crippen LogP contribution in [0.5, 0.6) is 0 Å². The maximum atomic E-state index is 5.47. The maximum Gasteiger partial charge on any atom is 0.0593 e. The average Bonchev–Trinajstić information content (AvgIpc) is 3.13. The van der Waals surface area contributed by atoms with Crippen molar-refractivity contribution in [2.24, 2.45) is 0 Å². The second-order valence-corrected chi connectivity index (χ2v) is 5.07. The molecule has 0 amide bonds. The summed E-state index contributed by atoms with van der Waals surface area (Å²) in [5, 5.41) is 3.64. The molecule has 94 valence electrons. The second-order valence-electron chi connectivity index (χ2n) is 5.07. The monoisotopic (exact) mass is 226 g/mol. The number of nitrogens with one attached hydrogen (secondary N) is 1. The van der Waals surface area contributed by atoms with Crippen molar-refractivity contribution in [3.05, 3.63) is 0 Å². The Labute approximate surface area is 99.5 Å². The van der Waals surface area contributed by atoms with Crippen LogP contribution in [-0.2, 0) is 4.74 Å². The molecule has 1 unspecified atom stereocenters. The SMILES string of the molecule is CCOCCN(CC1CCCCN1)C1CC1. The molecule has 0 aromatic rings. The fourth-order valence-electron chi connectivity index (χ4n) is 2.55. The summed E-state index contributed by atoms with van der Waals surface area (Å²) in [4.78, 5) is 2.64. The predicted octanol–water partition coefficient (Wildman–Crippen LogP) is 1.63. The summed E-state index contributed by atoms with van der Waals surface area (Å²) in [5.74, 6) is 0. The molecule has 2 fully saturated rings. The predicted molar refractivity (Wildman–Crippen MR) is 66.7 cm³/mol. The van der Waals surface area contributed by atoms with Crippen LogP contribution in [0.1, 0.15) is 39.0 Å². The van der Waals surface area contributed by atoms with E-state index in [0.29, 0.717) is 0 Å². The molecular weight excluding hydrogens is 200 g/mol. The minimum atomic E-state index is 0.732. The Morgan fingerprint density at radius 1 is 1.25 bits per heavy atom. The molecule has 2 aliphatic rings. The standard InChI is InChI=1S/C13H26N2O/c1-2-16-10-9-15(13-6-7-13)11-12-5-3-4-8-14-12/h12-14H,2-11H2,1H3. The van der Waals surface area contributed by atoms with Gasteiger partial charge in [0, 0.05) is 31.8 Å². The minimum absolute atomic E-state index is 0.732. The Morgan fingerprint density at radius 2 is 2.12 bits per heavy atom. The van der Waals surface area contributed by atoms with Gasteiger partial charge in [0.15, 0.2) is 0 Å². The van der Waals surface area contributed by atoms with E-state index in [1.165, 1.54) is 45.2 Å². The third-order valence-corrected chi connectivity index (χ3v) is 3.66. The van der Waals surface area contributed by atoms with E-state index in [9.17, 15) is 0 Å². The van der Waals surface area contributed by atoms with Crippen molar-refractivity contribution >= 4 is 0 Å². The van der Waals surface area contributed by atoms with Gasteiger partial charge in [0.05, 0.1) is 6.61 Å². The number of piperidine rings is 1. The van der Waals surface area contributed by atoms with Crippen LogP contribution >= 0.6 is 0 Å². The van der Waals surface area contributed by atoms with Gasteiger partial charge in [0.2, 0.25) is 0 Å². The quantitative estimate of drug-likeness (QED) is 0.668. The van der Waals surface area contributed by atoms with Crippen LogP contribution < -0.4 is 5.32 Å². The number of nitrogens with zero attached hydrogens (tertiary/aromatic N) is 1. The summed E-state index contributed by atoms with van der Waals surface area (Å²) >= 11 is 0. The van der Waals surface area contributed by atoms with Gasteiger partial charge in [-0.2, -0.15) is 0 Å². The van der Waals surface area contributed by atoms with Crippen LogP contribution in [0.4, 0.5) is 0 Å². The molecule has 1 N–H and O–H groups in total. The molecule has 0 bridgehead atoms. The van der Waals surface area contributed by atoms with Crippen molar-refractivity contribution in [3.63, 3.8) is 0 Å². The van der Waals surface area contributed by atoms with Crippen LogP contribution in [0.2, 0.25) is 0 Å². The van der Waals surface area contributed by atoms with Gasteiger partial charge < -0.3 is 10.1 Å². The highest BCUT2D eigenvalue weighted by Crippen LogP contribution is 2.27. The molecule has 1 saturated carbocycles. The second kappa shape index (κ2) is 6.58. The van der Waals surface area contributed by atoms with Crippen molar-refractivity contribution in [2.45, 2.75) is 51.1 Å². The molecule has 1 saturated heterocycles. The number of ether oxygens (including phenoxy) is 1. The molecule has 3 heteroatoms. The van der Waals surface area contributed by atoms with E-state index in [1.807, 2.05) is 0 Å². The van der Waals surface area contributed by atoms with Crippen molar-refractivity contribution < 1.29 is 4.74 Å². The van der Waals surface area contributed by atoms with Gasteiger partial charge >= 0.3 is 0 Å². The van der Waals surface area contributed by atoms with E-state index in [2.05, 4.69) is 17.1 Å². The van der Waals surface area contributed by atoms with E-state index in [4.69, 9.17) is 4.74 Å². The summed E-state index contributed by atoms with van der Waals surface area (Å²) in [5.41, 5.74) is 0. The first kappa shape index (κ1) is 12.3. The van der Waals surface area contributed by atoms with E-state index in [0.717, 1.165) is 31.8 Å². The molecule has 1 atom stereocenters. The molecule has 3 nitrogen and oxygen atoms in total. The normalized spacial score (nSPS) is 26.2. The first-order valence-electron chi connectivity index (χ1n) is 6.95. The molecule has 1 heterocycles. The molecule has 0 spiro atoms. The van der Waals surface area contributed by atoms with Gasteiger partial charge in [0.1, 0.15) is 0 Å². The summed E-state index contributed by atoms with van der Waals surface area (Å²) in [6.07, 6.45) is 6.93. The largest absolute Gasteiger partial charge is 0.380 e. The van der Waals surface area contributed by atoms with Gasteiger partial charge in [-0.25, -0.2) is 0 Å². The lowest BCUT2D eigenvalue weighted by atomic mass is 10.0. The number of rotatable bonds is 7. The molecule has 0 aromatic heterocycles. The van der Waals surface area contributed by atoms with Gasteiger partial charge in [-0.05, 0) is 39.2 Å². The zero-order valence-corrected chi connectivity index (χ0v) is 10.6. The van der Waals surface area contributed by atoms with Crippen molar-refractivity contribution in [1.29, 1.82) is 0 Å². The average molecular weight is 226 g/mol. The lowest BCUT2D eigenvalue weighted by Gasteiger charge is -2.30. The Balaban J connectivity index is 1.68. The van der Waals surface area contributed by atoms with Crippen LogP contribution in [-0.4, -0.2) is 49.8 Å². The van der Waals surface area contributed by atoms with Crippen LogP contribution in [0.3, 0.4) is 0 Å². The van der Waals surface area contributed by atoms with E-state index in [1.54, 1.807) is 0 Å². The lowest BCUT2D eigenvalue weighted by molar-refractivity contribution is 0.103. The highest BCUT2D eigenvalue weighted by Gasteiger charge is 2.30. The smallest absolute Gasteiger partial charge is 0.0593 e. The van der Waals surface area contributed by atoms with Crippen LogP contribution in [0, 0.1) is 0 Å². The van der Waals surface area contributed by atoms with Gasteiger partial charge in [-0.3, -0.25) is 4.90 Å². The summed E-state index contributed by atoms with van der Waals surface area (Å²) in [7, 11) is 0. The molecule has 1 aliphatic heterocycles. The third kappa shape index (κ3) is 4.04. The van der Waals surface area contributed by atoms with Crippen LogP contribution in [0.25, 0.3) is 0 Å². The lowest BCUT2D eigenvalue weighted by Crippen LogP contribution is -2.45. The highest BCUT2D eigenvalue weighted by atomic mass is 16.5. The van der Waals surface area contributed by atoms with Crippen molar-refractivity contribution in [2.75, 3.05) is 32.8 Å². The Morgan fingerprint density at radius 3 is 2.75 bits per heavy atom. The minimum Gasteiger partial charge on any atom is -0.380 e. The fourth-order valence-corrected chi connectivity index (χ4v) is 2.55. The molecule has 0 radical (unpaired) electrons. The van der Waals surface area contributed by atoms with E-state index < -0.39 is 0 Å². The number of hydrogen-bond donors (Lipinski definition) is 1. The molecule has 0 aromatic carbocycles. The zero-order chi connectivity index (χ0) is 11.2. The molecule has 2 rings (SSSR count). The van der Waals surface area contributed by atoms with Crippen molar-refractivity contribution in [3.8, 4) is 0 Å². The van der Waals surface area contributed by atoms with Gasteiger partial charge in [0.25, 0.3) is 0 Å². The Hall–Kier alpha value is -0.120. The zero-order valence-electron chi connectivity index (χ0n) is 10.6. The molecular formula is C13H26N2O. The maximum absolute atomic E-state index is 5.47. The van der Waals surface area contributed by atoms with Crippen molar-refractivity contribution in [1.82, 2.24) is 10.2 Å². The van der Waals surface area contributed by atoms with Gasteiger partial charge in [-0.15, -0.1) is 0 Å². The first-order valence-corrected chi connectivity index (χ1v) is 6.95. The van der Waals surface area contributed by atoms with Crippen LogP contribution in [0.15, 0.2) is 0 Å². The summed E-state index contributed by atoms with van der Waals surface area (Å²) in [6.45, 7) is 7.40. The number of hydrogen-bond acceptors (Lipinski definition) is 3. The third-order valence-electron chi connectivity index (χ3n) is 3.66.